The van der Waals surface area contributed by atoms with Gasteiger partial charge in [0.25, 0.3) is 5.56 Å². The Kier molecular flexibility index (Phi) is 4.76. The monoisotopic (exact) mass is 345 g/mol. The lowest BCUT2D eigenvalue weighted by Crippen LogP contribution is -2.32. The summed E-state index contributed by atoms with van der Waals surface area (Å²) in [4.78, 5) is 24.2. The first-order chi connectivity index (χ1) is 11.8. The normalized spacial score (nSPS) is 17.6. The number of carbonyl (C=O) groups is 1. The Bertz CT molecular complexity index is 832. The molecule has 1 atom stereocenters. The predicted octanol–water partition coefficient (Wildman–Crippen LogP) is 2.80. The van der Waals surface area contributed by atoms with Crippen molar-refractivity contribution in [1.29, 1.82) is 0 Å². The summed E-state index contributed by atoms with van der Waals surface area (Å²) in [7, 11) is 0. The van der Waals surface area contributed by atoms with E-state index in [4.69, 9.17) is 9.47 Å². The van der Waals surface area contributed by atoms with Crippen LogP contribution in [0.3, 0.4) is 0 Å². The average molecular weight is 345 g/mol. The Morgan fingerprint density at radius 3 is 2.92 bits per heavy atom. The lowest BCUT2D eigenvalue weighted by atomic mass is 9.99. The number of rotatable bonds is 3. The minimum absolute atomic E-state index is 0.0705. The smallest absolute Gasteiger partial charge is 0.407 e. The van der Waals surface area contributed by atoms with Gasteiger partial charge in [0.2, 0.25) is 0 Å². The molecule has 7 heteroatoms. The summed E-state index contributed by atoms with van der Waals surface area (Å²) in [5.74, 6) is 0. The number of aromatic nitrogens is 2. The number of fused-ring (bicyclic) bond motifs is 1. The standard InChI is InChI=1S/C18H23N3O4/c1-18(2,3)25-17(23)19-10-13-11-6-4-7-12(14-8-5-9-24-14)15(11)16(22)21-20-13/h4,6-7,14H,5,8-10H2,1-3H3,(H,19,23)(H,21,22). The zero-order valence-corrected chi connectivity index (χ0v) is 14.7. The molecule has 0 spiro atoms. The number of carbonyl (C=O) groups excluding carboxylic acids is 1. The molecule has 1 aromatic heterocycles. The minimum atomic E-state index is -0.572. The second kappa shape index (κ2) is 6.84. The van der Waals surface area contributed by atoms with Gasteiger partial charge in [-0.1, -0.05) is 18.2 Å². The molecule has 1 aromatic carbocycles. The highest BCUT2D eigenvalue weighted by molar-refractivity contribution is 5.87. The van der Waals surface area contributed by atoms with E-state index in [1.54, 1.807) is 20.8 Å². The highest BCUT2D eigenvalue weighted by Gasteiger charge is 2.22. The highest BCUT2D eigenvalue weighted by atomic mass is 16.6. The Morgan fingerprint density at radius 2 is 2.24 bits per heavy atom. The SMILES string of the molecule is CC(C)(C)OC(=O)NCc1n[nH]c(=O)c2c(C3CCCO3)cccc12. The van der Waals surface area contributed by atoms with Crippen LogP contribution < -0.4 is 10.9 Å². The maximum Gasteiger partial charge on any atom is 0.407 e. The predicted molar refractivity (Wildman–Crippen MR) is 93.4 cm³/mol. The Morgan fingerprint density at radius 1 is 1.44 bits per heavy atom. The fourth-order valence-corrected chi connectivity index (χ4v) is 2.99. The van der Waals surface area contributed by atoms with Crippen LogP contribution >= 0.6 is 0 Å². The van der Waals surface area contributed by atoms with Crippen LogP contribution in [-0.4, -0.2) is 28.5 Å². The summed E-state index contributed by atoms with van der Waals surface area (Å²) >= 11 is 0. The summed E-state index contributed by atoms with van der Waals surface area (Å²) in [5, 5.41) is 10.6. The van der Waals surface area contributed by atoms with Crippen molar-refractivity contribution in [1.82, 2.24) is 15.5 Å². The maximum absolute atomic E-state index is 12.3. The second-order valence-corrected chi connectivity index (χ2v) is 7.13. The largest absolute Gasteiger partial charge is 0.444 e. The minimum Gasteiger partial charge on any atom is -0.444 e. The quantitative estimate of drug-likeness (QED) is 0.892. The van der Waals surface area contributed by atoms with Crippen molar-refractivity contribution in [2.45, 2.75) is 51.9 Å². The first-order valence-electron chi connectivity index (χ1n) is 8.44. The van der Waals surface area contributed by atoms with Gasteiger partial charge in [0.05, 0.1) is 23.7 Å². The van der Waals surface area contributed by atoms with Gasteiger partial charge in [-0.15, -0.1) is 0 Å². The number of alkyl carbamates (subject to hydrolysis) is 1. The molecule has 1 amide bonds. The molecule has 1 fully saturated rings. The van der Waals surface area contributed by atoms with Gasteiger partial charge in [-0.05, 0) is 39.2 Å². The van der Waals surface area contributed by atoms with E-state index in [-0.39, 0.29) is 18.2 Å². The van der Waals surface area contributed by atoms with Gasteiger partial charge in [0.15, 0.2) is 0 Å². The lowest BCUT2D eigenvalue weighted by molar-refractivity contribution is 0.0523. The van der Waals surface area contributed by atoms with E-state index in [9.17, 15) is 9.59 Å². The van der Waals surface area contributed by atoms with Gasteiger partial charge in [-0.2, -0.15) is 5.10 Å². The van der Waals surface area contributed by atoms with Crippen molar-refractivity contribution in [3.8, 4) is 0 Å². The molecule has 2 aromatic rings. The van der Waals surface area contributed by atoms with Crippen LogP contribution in [0.1, 0.15) is 51.0 Å². The van der Waals surface area contributed by atoms with Gasteiger partial charge < -0.3 is 14.8 Å². The molecular weight excluding hydrogens is 322 g/mol. The van der Waals surface area contributed by atoms with E-state index in [1.807, 2.05) is 18.2 Å². The molecule has 7 nitrogen and oxygen atoms in total. The van der Waals surface area contributed by atoms with E-state index >= 15 is 0 Å². The molecule has 0 saturated carbocycles. The molecule has 1 aliphatic rings. The Hall–Kier alpha value is -2.41. The molecule has 2 heterocycles. The van der Waals surface area contributed by atoms with Crippen LogP contribution in [0.15, 0.2) is 23.0 Å². The number of ether oxygens (including phenoxy) is 2. The topological polar surface area (TPSA) is 93.3 Å². The third kappa shape index (κ3) is 3.99. The van der Waals surface area contributed by atoms with Gasteiger partial charge in [-0.3, -0.25) is 4.79 Å². The Balaban J connectivity index is 1.89. The van der Waals surface area contributed by atoms with Crippen molar-refractivity contribution in [3.05, 3.63) is 39.8 Å². The third-order valence-corrected chi connectivity index (χ3v) is 4.00. The van der Waals surface area contributed by atoms with Crippen molar-refractivity contribution in [2.75, 3.05) is 6.61 Å². The molecule has 1 aliphatic heterocycles. The van der Waals surface area contributed by atoms with Crippen LogP contribution in [0.5, 0.6) is 0 Å². The van der Waals surface area contributed by atoms with Gasteiger partial charge >= 0.3 is 6.09 Å². The van der Waals surface area contributed by atoms with E-state index in [1.165, 1.54) is 0 Å². The lowest BCUT2D eigenvalue weighted by Gasteiger charge is -2.19. The van der Waals surface area contributed by atoms with E-state index in [2.05, 4.69) is 15.5 Å². The average Bonchev–Trinajstić information content (AvgIpc) is 3.06. The van der Waals surface area contributed by atoms with Crippen molar-refractivity contribution in [2.24, 2.45) is 0 Å². The molecule has 0 aliphatic carbocycles. The van der Waals surface area contributed by atoms with Gasteiger partial charge in [0.1, 0.15) is 5.60 Å². The zero-order chi connectivity index (χ0) is 18.0. The number of aromatic amines is 1. The summed E-state index contributed by atoms with van der Waals surface area (Å²) in [6.07, 6.45) is 1.28. The van der Waals surface area contributed by atoms with Gasteiger partial charge in [0, 0.05) is 12.0 Å². The molecular formula is C18H23N3O4. The van der Waals surface area contributed by atoms with Crippen LogP contribution in [0.25, 0.3) is 10.8 Å². The molecule has 3 rings (SSSR count). The molecule has 1 unspecified atom stereocenters. The number of H-pyrrole nitrogens is 1. The highest BCUT2D eigenvalue weighted by Crippen LogP contribution is 2.32. The molecule has 25 heavy (non-hydrogen) atoms. The van der Waals surface area contributed by atoms with Crippen molar-refractivity contribution in [3.63, 3.8) is 0 Å². The second-order valence-electron chi connectivity index (χ2n) is 7.13. The van der Waals surface area contributed by atoms with Crippen LogP contribution in [0, 0.1) is 0 Å². The van der Waals surface area contributed by atoms with Crippen molar-refractivity contribution < 1.29 is 14.3 Å². The first-order valence-corrected chi connectivity index (χ1v) is 8.44. The number of nitrogens with one attached hydrogen (secondary N) is 2. The van der Waals surface area contributed by atoms with Crippen LogP contribution in [0.4, 0.5) is 4.79 Å². The number of nitrogens with zero attached hydrogens (tertiary/aromatic N) is 1. The fraction of sp³-hybridized carbons (Fsp3) is 0.500. The Labute approximate surface area is 145 Å². The fourth-order valence-electron chi connectivity index (χ4n) is 2.99. The first kappa shape index (κ1) is 17.4. The molecule has 1 saturated heterocycles. The zero-order valence-electron chi connectivity index (χ0n) is 14.7. The number of hydrogen-bond acceptors (Lipinski definition) is 5. The van der Waals surface area contributed by atoms with Gasteiger partial charge in [-0.25, -0.2) is 9.89 Å². The molecule has 0 bridgehead atoms. The van der Waals surface area contributed by atoms with Crippen LogP contribution in [-0.2, 0) is 16.0 Å². The van der Waals surface area contributed by atoms with Crippen LogP contribution in [0.2, 0.25) is 0 Å². The third-order valence-electron chi connectivity index (χ3n) is 4.00. The number of amides is 1. The number of benzene rings is 1. The maximum atomic E-state index is 12.3. The van der Waals surface area contributed by atoms with E-state index in [0.29, 0.717) is 23.1 Å². The summed E-state index contributed by atoms with van der Waals surface area (Å²) < 4.78 is 11.0. The van der Waals surface area contributed by atoms with Crippen molar-refractivity contribution >= 4 is 16.9 Å². The number of hydrogen-bond donors (Lipinski definition) is 2. The summed E-state index contributed by atoms with van der Waals surface area (Å²) in [6, 6.07) is 5.64. The molecule has 134 valence electrons. The van der Waals surface area contributed by atoms with E-state index in [0.717, 1.165) is 18.4 Å². The summed E-state index contributed by atoms with van der Waals surface area (Å²) in [5.41, 5.74) is 0.636. The van der Waals surface area contributed by atoms with E-state index < -0.39 is 11.7 Å². The molecule has 2 N–H and O–H groups in total. The molecule has 0 radical (unpaired) electrons. The summed E-state index contributed by atoms with van der Waals surface area (Å²) in [6.45, 7) is 6.27.